The summed E-state index contributed by atoms with van der Waals surface area (Å²) in [6.07, 6.45) is 1.23. The summed E-state index contributed by atoms with van der Waals surface area (Å²) in [5.74, 6) is 0. The zero-order valence-electron chi connectivity index (χ0n) is 12.1. The van der Waals surface area contributed by atoms with Gasteiger partial charge in [0.2, 0.25) is 0 Å². The summed E-state index contributed by atoms with van der Waals surface area (Å²) in [4.78, 5) is 4.23. The molecular weight excluding hydrogens is 226 g/mol. The van der Waals surface area contributed by atoms with E-state index in [0.717, 1.165) is 6.54 Å². The van der Waals surface area contributed by atoms with Gasteiger partial charge in [-0.25, -0.2) is 0 Å². The third-order valence-electron chi connectivity index (χ3n) is 3.70. The van der Waals surface area contributed by atoms with Gasteiger partial charge in [-0.2, -0.15) is 0 Å². The summed E-state index contributed by atoms with van der Waals surface area (Å²) in [7, 11) is 0. The van der Waals surface area contributed by atoms with Crippen molar-refractivity contribution < 1.29 is 0 Å². The van der Waals surface area contributed by atoms with Crippen molar-refractivity contribution in [1.29, 1.82) is 0 Å². The molecule has 0 N–H and O–H groups in total. The summed E-state index contributed by atoms with van der Waals surface area (Å²) in [6, 6.07) is 0. The molecule has 2 heteroatoms. The van der Waals surface area contributed by atoms with Gasteiger partial charge in [0, 0.05) is 23.5 Å². The van der Waals surface area contributed by atoms with Crippen molar-refractivity contribution in [2.75, 3.05) is 6.54 Å². The lowest BCUT2D eigenvalue weighted by atomic mass is 9.84. The Morgan fingerprint density at radius 1 is 1.12 bits per heavy atom. The molecule has 0 aliphatic carbocycles. The van der Waals surface area contributed by atoms with Crippen molar-refractivity contribution in [1.82, 2.24) is 4.90 Å². The van der Waals surface area contributed by atoms with E-state index in [0.29, 0.717) is 0 Å². The normalized spacial score (nSPS) is 18.2. The Morgan fingerprint density at radius 3 is 2.29 bits per heavy atom. The average Bonchev–Trinajstić information content (AvgIpc) is 2.57. The molecule has 1 aromatic heterocycles. The Hall–Kier alpha value is -0.340. The highest BCUT2D eigenvalue weighted by molar-refractivity contribution is 7.10. The van der Waals surface area contributed by atoms with Crippen LogP contribution in [0.3, 0.4) is 0 Å². The van der Waals surface area contributed by atoms with E-state index in [2.05, 4.69) is 51.8 Å². The minimum atomic E-state index is 0.283. The lowest BCUT2D eigenvalue weighted by Crippen LogP contribution is -2.44. The lowest BCUT2D eigenvalue weighted by Gasteiger charge is -2.39. The van der Waals surface area contributed by atoms with E-state index in [1.807, 2.05) is 11.3 Å². The zero-order chi connectivity index (χ0) is 12.8. The van der Waals surface area contributed by atoms with Gasteiger partial charge < -0.3 is 0 Å². The highest BCUT2D eigenvalue weighted by Crippen LogP contribution is 2.37. The molecule has 0 unspecified atom stereocenters. The number of hydrogen-bond acceptors (Lipinski definition) is 2. The highest BCUT2D eigenvalue weighted by Gasteiger charge is 2.30. The van der Waals surface area contributed by atoms with Gasteiger partial charge in [-0.15, -0.1) is 11.3 Å². The second kappa shape index (κ2) is 4.10. The van der Waals surface area contributed by atoms with Gasteiger partial charge in [0.05, 0.1) is 0 Å². The van der Waals surface area contributed by atoms with Crippen molar-refractivity contribution >= 4 is 11.3 Å². The van der Waals surface area contributed by atoms with Crippen LogP contribution in [0.4, 0.5) is 0 Å². The Bertz CT molecular complexity index is 404. The van der Waals surface area contributed by atoms with Crippen LogP contribution in [0.2, 0.25) is 0 Å². The second-order valence-corrected chi connectivity index (χ2v) is 8.11. The van der Waals surface area contributed by atoms with E-state index in [1.165, 1.54) is 13.0 Å². The van der Waals surface area contributed by atoms with Gasteiger partial charge in [0.1, 0.15) is 0 Å². The second-order valence-electron chi connectivity index (χ2n) is 7.14. The molecule has 0 spiro atoms. The van der Waals surface area contributed by atoms with Gasteiger partial charge in [-0.1, -0.05) is 20.8 Å². The van der Waals surface area contributed by atoms with E-state index in [4.69, 9.17) is 0 Å². The maximum atomic E-state index is 2.61. The van der Waals surface area contributed by atoms with Gasteiger partial charge in [0.25, 0.3) is 0 Å². The third-order valence-corrected chi connectivity index (χ3v) is 4.78. The average molecular weight is 251 g/mol. The molecule has 0 amide bonds. The van der Waals surface area contributed by atoms with E-state index >= 15 is 0 Å². The largest absolute Gasteiger partial charge is 0.294 e. The SMILES string of the molecule is CC(C)(C)c1csc2c1CN(C(C)(C)C)CC2. The van der Waals surface area contributed by atoms with E-state index in [-0.39, 0.29) is 11.0 Å². The van der Waals surface area contributed by atoms with Crippen molar-refractivity contribution in [2.45, 2.75) is 65.5 Å². The van der Waals surface area contributed by atoms with Gasteiger partial charge in [-0.3, -0.25) is 4.90 Å². The minimum Gasteiger partial charge on any atom is -0.294 e. The molecule has 17 heavy (non-hydrogen) atoms. The van der Waals surface area contributed by atoms with Crippen LogP contribution in [0.1, 0.15) is 57.5 Å². The zero-order valence-corrected chi connectivity index (χ0v) is 12.9. The minimum absolute atomic E-state index is 0.283. The van der Waals surface area contributed by atoms with Crippen LogP contribution < -0.4 is 0 Å². The molecular formula is C15H25NS. The fourth-order valence-corrected chi connectivity index (χ4v) is 3.80. The highest BCUT2D eigenvalue weighted by atomic mass is 32.1. The smallest absolute Gasteiger partial charge is 0.0253 e. The molecule has 0 bridgehead atoms. The molecule has 0 radical (unpaired) electrons. The molecule has 1 aromatic rings. The molecule has 96 valence electrons. The number of thiophene rings is 1. The maximum Gasteiger partial charge on any atom is 0.0253 e. The molecule has 0 saturated carbocycles. The molecule has 0 fully saturated rings. The Labute approximate surface area is 110 Å². The molecule has 2 heterocycles. The Kier molecular flexibility index (Phi) is 3.16. The first-order chi connectivity index (χ1) is 7.69. The van der Waals surface area contributed by atoms with Crippen molar-refractivity contribution in [3.05, 3.63) is 21.4 Å². The summed E-state index contributed by atoms with van der Waals surface area (Å²) in [5.41, 5.74) is 3.75. The quantitative estimate of drug-likeness (QED) is 0.668. The third kappa shape index (κ3) is 2.58. The standard InChI is InChI=1S/C15H25NS/c1-14(2,3)12-10-17-13-7-8-16(9-11(12)13)15(4,5)6/h10H,7-9H2,1-6H3. The van der Waals surface area contributed by atoms with Crippen molar-refractivity contribution in [3.8, 4) is 0 Å². The lowest BCUT2D eigenvalue weighted by molar-refractivity contribution is 0.121. The first kappa shape index (κ1) is 13.1. The Balaban J connectivity index is 2.33. The molecule has 0 atom stereocenters. The predicted octanol–water partition coefficient (Wildman–Crippen LogP) is 4.20. The van der Waals surface area contributed by atoms with Gasteiger partial charge in [0.15, 0.2) is 0 Å². The molecule has 1 aliphatic rings. The fraction of sp³-hybridized carbons (Fsp3) is 0.733. The van der Waals surface area contributed by atoms with Crippen LogP contribution in [-0.4, -0.2) is 17.0 Å². The van der Waals surface area contributed by atoms with Crippen LogP contribution in [0.25, 0.3) is 0 Å². The fourth-order valence-electron chi connectivity index (χ4n) is 2.51. The summed E-state index contributed by atoms with van der Waals surface area (Å²) in [6.45, 7) is 16.3. The monoisotopic (exact) mass is 251 g/mol. The van der Waals surface area contributed by atoms with Crippen molar-refractivity contribution in [2.24, 2.45) is 0 Å². The summed E-state index contributed by atoms with van der Waals surface area (Å²) >= 11 is 1.96. The molecule has 2 rings (SSSR count). The number of rotatable bonds is 0. The number of fused-ring (bicyclic) bond motifs is 1. The molecule has 0 aromatic carbocycles. The van der Waals surface area contributed by atoms with E-state index < -0.39 is 0 Å². The molecule has 0 saturated heterocycles. The number of hydrogen-bond donors (Lipinski definition) is 0. The van der Waals surface area contributed by atoms with Gasteiger partial charge in [-0.05, 0) is 49.1 Å². The van der Waals surface area contributed by atoms with E-state index in [9.17, 15) is 0 Å². The predicted molar refractivity (Wildman–Crippen MR) is 76.9 cm³/mol. The van der Waals surface area contributed by atoms with Crippen LogP contribution >= 0.6 is 11.3 Å². The summed E-state index contributed by atoms with van der Waals surface area (Å²) < 4.78 is 0. The maximum absolute atomic E-state index is 2.61. The first-order valence-corrected chi connectivity index (χ1v) is 7.42. The summed E-state index contributed by atoms with van der Waals surface area (Å²) in [5, 5.41) is 2.39. The Morgan fingerprint density at radius 2 is 1.76 bits per heavy atom. The first-order valence-electron chi connectivity index (χ1n) is 6.54. The van der Waals surface area contributed by atoms with E-state index in [1.54, 1.807) is 16.0 Å². The van der Waals surface area contributed by atoms with Gasteiger partial charge >= 0.3 is 0 Å². The molecule has 1 aliphatic heterocycles. The topological polar surface area (TPSA) is 3.24 Å². The number of nitrogens with zero attached hydrogens (tertiary/aromatic N) is 1. The molecule has 1 nitrogen and oxygen atoms in total. The van der Waals surface area contributed by atoms with Crippen LogP contribution in [0.15, 0.2) is 5.38 Å². The van der Waals surface area contributed by atoms with Crippen LogP contribution in [0.5, 0.6) is 0 Å². The van der Waals surface area contributed by atoms with Crippen LogP contribution in [0, 0.1) is 0 Å². The van der Waals surface area contributed by atoms with Crippen molar-refractivity contribution in [3.63, 3.8) is 0 Å². The van der Waals surface area contributed by atoms with Crippen LogP contribution in [-0.2, 0) is 18.4 Å².